The number of carboxylic acid groups (broad SMARTS) is 1. The minimum atomic E-state index is -0.867. The van der Waals surface area contributed by atoms with Gasteiger partial charge in [0.25, 0.3) is 0 Å². The van der Waals surface area contributed by atoms with Gasteiger partial charge in [-0.05, 0) is 42.5 Å². The van der Waals surface area contributed by atoms with Gasteiger partial charge in [0, 0.05) is 19.0 Å². The van der Waals surface area contributed by atoms with Crippen molar-refractivity contribution in [3.05, 3.63) is 65.7 Å². The molecular formula is C21H26N2O4. The lowest BCUT2D eigenvalue weighted by molar-refractivity contribution is -0.137. The fraction of sp³-hybridized carbons (Fsp3) is 0.333. The summed E-state index contributed by atoms with van der Waals surface area (Å²) in [6.45, 7) is 0.482. The minimum absolute atomic E-state index is 0.0155. The van der Waals surface area contributed by atoms with Gasteiger partial charge in [-0.25, -0.2) is 4.79 Å². The lowest BCUT2D eigenvalue weighted by atomic mass is 10.0. The van der Waals surface area contributed by atoms with E-state index in [2.05, 4.69) is 10.6 Å². The number of benzene rings is 2. The van der Waals surface area contributed by atoms with Gasteiger partial charge in [-0.15, -0.1) is 0 Å². The Morgan fingerprint density at radius 2 is 1.81 bits per heavy atom. The highest BCUT2D eigenvalue weighted by Gasteiger charge is 2.14. The predicted molar refractivity (Wildman–Crippen MR) is 104 cm³/mol. The van der Waals surface area contributed by atoms with Crippen molar-refractivity contribution in [2.24, 2.45) is 0 Å². The number of urea groups is 1. The second kappa shape index (κ2) is 10.9. The monoisotopic (exact) mass is 370 g/mol. The van der Waals surface area contributed by atoms with E-state index in [-0.39, 0.29) is 18.5 Å². The van der Waals surface area contributed by atoms with E-state index in [0.717, 1.165) is 16.9 Å². The van der Waals surface area contributed by atoms with Crippen molar-refractivity contribution >= 4 is 12.0 Å². The fourth-order valence-electron chi connectivity index (χ4n) is 2.81. The zero-order valence-electron chi connectivity index (χ0n) is 15.5. The molecule has 6 nitrogen and oxygen atoms in total. The standard InChI is InChI=1S/C21H26N2O4/c1-27-19-9-5-8-17(15-19)12-13-22-21(26)23-18(10-11-20(24)25)14-16-6-3-2-4-7-16/h2-9,15,18H,10-14H2,1H3,(H,24,25)(H2,22,23,26). The van der Waals surface area contributed by atoms with Gasteiger partial charge in [0.1, 0.15) is 5.75 Å². The molecule has 0 aliphatic heterocycles. The largest absolute Gasteiger partial charge is 0.497 e. The molecule has 0 aliphatic rings. The van der Waals surface area contributed by atoms with Gasteiger partial charge in [-0.2, -0.15) is 0 Å². The van der Waals surface area contributed by atoms with E-state index in [1.165, 1.54) is 0 Å². The van der Waals surface area contributed by atoms with Gasteiger partial charge >= 0.3 is 12.0 Å². The Morgan fingerprint density at radius 1 is 1.07 bits per heavy atom. The molecule has 27 heavy (non-hydrogen) atoms. The van der Waals surface area contributed by atoms with Crippen LogP contribution >= 0.6 is 0 Å². The number of aliphatic carboxylic acids is 1. The van der Waals surface area contributed by atoms with Gasteiger partial charge in [0.2, 0.25) is 0 Å². The van der Waals surface area contributed by atoms with E-state index < -0.39 is 5.97 Å². The number of carboxylic acids is 1. The van der Waals surface area contributed by atoms with Crippen LogP contribution in [0.4, 0.5) is 4.79 Å². The number of methoxy groups -OCH3 is 1. The van der Waals surface area contributed by atoms with Crippen LogP contribution in [0.25, 0.3) is 0 Å². The van der Waals surface area contributed by atoms with Crippen LogP contribution in [0, 0.1) is 0 Å². The van der Waals surface area contributed by atoms with E-state index in [0.29, 0.717) is 25.8 Å². The van der Waals surface area contributed by atoms with Crippen LogP contribution in [-0.2, 0) is 17.6 Å². The summed E-state index contributed by atoms with van der Waals surface area (Å²) in [6, 6.07) is 16.9. The molecule has 2 amide bonds. The van der Waals surface area contributed by atoms with E-state index in [9.17, 15) is 9.59 Å². The van der Waals surface area contributed by atoms with Crippen molar-refractivity contribution in [1.82, 2.24) is 10.6 Å². The van der Waals surface area contributed by atoms with E-state index in [1.54, 1.807) is 7.11 Å². The number of carbonyl (C=O) groups excluding carboxylic acids is 1. The Balaban J connectivity index is 1.83. The van der Waals surface area contributed by atoms with Crippen molar-refractivity contribution in [2.75, 3.05) is 13.7 Å². The van der Waals surface area contributed by atoms with Gasteiger partial charge in [-0.3, -0.25) is 4.79 Å². The first-order valence-electron chi connectivity index (χ1n) is 9.00. The lowest BCUT2D eigenvalue weighted by Gasteiger charge is -2.19. The van der Waals surface area contributed by atoms with Crippen LogP contribution < -0.4 is 15.4 Å². The van der Waals surface area contributed by atoms with Crippen molar-refractivity contribution in [2.45, 2.75) is 31.7 Å². The molecule has 1 unspecified atom stereocenters. The Bertz CT molecular complexity index is 734. The average Bonchev–Trinajstić information content (AvgIpc) is 2.67. The quantitative estimate of drug-likeness (QED) is 0.600. The predicted octanol–water partition coefficient (Wildman–Crippen LogP) is 3.01. The highest BCUT2D eigenvalue weighted by Crippen LogP contribution is 2.12. The van der Waals surface area contributed by atoms with Crippen molar-refractivity contribution in [3.63, 3.8) is 0 Å². The summed E-state index contributed by atoms with van der Waals surface area (Å²) in [5.74, 6) is -0.0816. The first kappa shape index (κ1) is 20.3. The third-order valence-corrected chi connectivity index (χ3v) is 4.20. The van der Waals surface area contributed by atoms with E-state index in [1.807, 2.05) is 54.6 Å². The van der Waals surface area contributed by atoms with Crippen molar-refractivity contribution in [3.8, 4) is 5.75 Å². The van der Waals surface area contributed by atoms with Crippen LogP contribution in [0.15, 0.2) is 54.6 Å². The minimum Gasteiger partial charge on any atom is -0.497 e. The van der Waals surface area contributed by atoms with E-state index in [4.69, 9.17) is 9.84 Å². The van der Waals surface area contributed by atoms with Crippen LogP contribution in [0.1, 0.15) is 24.0 Å². The molecule has 0 aromatic heterocycles. The molecular weight excluding hydrogens is 344 g/mol. The van der Waals surface area contributed by atoms with Crippen LogP contribution in [0.5, 0.6) is 5.75 Å². The second-order valence-corrected chi connectivity index (χ2v) is 6.32. The summed E-state index contributed by atoms with van der Waals surface area (Å²) in [5, 5.41) is 14.7. The van der Waals surface area contributed by atoms with Gasteiger partial charge in [0.05, 0.1) is 7.11 Å². The number of ether oxygens (including phenoxy) is 1. The Labute approximate surface area is 159 Å². The molecule has 0 aliphatic carbocycles. The van der Waals surface area contributed by atoms with Crippen LogP contribution in [0.2, 0.25) is 0 Å². The zero-order valence-corrected chi connectivity index (χ0v) is 15.5. The number of amides is 2. The summed E-state index contributed by atoms with van der Waals surface area (Å²) in [5.41, 5.74) is 2.13. The summed E-state index contributed by atoms with van der Waals surface area (Å²) in [7, 11) is 1.62. The topological polar surface area (TPSA) is 87.7 Å². The van der Waals surface area contributed by atoms with Crippen LogP contribution in [-0.4, -0.2) is 36.8 Å². The van der Waals surface area contributed by atoms with Gasteiger partial charge in [0.15, 0.2) is 0 Å². The smallest absolute Gasteiger partial charge is 0.315 e. The highest BCUT2D eigenvalue weighted by molar-refractivity contribution is 5.74. The maximum Gasteiger partial charge on any atom is 0.315 e. The SMILES string of the molecule is COc1cccc(CCNC(=O)NC(CCC(=O)O)Cc2ccccc2)c1. The molecule has 0 fully saturated rings. The number of rotatable bonds is 10. The third kappa shape index (κ3) is 7.81. The summed E-state index contributed by atoms with van der Waals surface area (Å²) < 4.78 is 5.19. The van der Waals surface area contributed by atoms with Gasteiger partial charge < -0.3 is 20.5 Å². The second-order valence-electron chi connectivity index (χ2n) is 6.32. The Hall–Kier alpha value is -3.02. The maximum absolute atomic E-state index is 12.2. The first-order valence-corrected chi connectivity index (χ1v) is 9.00. The number of nitrogens with one attached hydrogen (secondary N) is 2. The zero-order chi connectivity index (χ0) is 19.5. The molecule has 0 radical (unpaired) electrons. The lowest BCUT2D eigenvalue weighted by Crippen LogP contribution is -2.44. The summed E-state index contributed by atoms with van der Waals surface area (Å²) in [4.78, 5) is 23.1. The number of carbonyl (C=O) groups is 2. The molecule has 6 heteroatoms. The fourth-order valence-corrected chi connectivity index (χ4v) is 2.81. The molecule has 0 bridgehead atoms. The molecule has 0 spiro atoms. The van der Waals surface area contributed by atoms with Gasteiger partial charge in [-0.1, -0.05) is 42.5 Å². The molecule has 144 valence electrons. The molecule has 3 N–H and O–H groups in total. The molecule has 2 rings (SSSR count). The van der Waals surface area contributed by atoms with E-state index >= 15 is 0 Å². The molecule has 2 aromatic rings. The molecule has 0 saturated heterocycles. The number of hydrogen-bond donors (Lipinski definition) is 3. The third-order valence-electron chi connectivity index (χ3n) is 4.20. The Kier molecular flexibility index (Phi) is 8.16. The summed E-state index contributed by atoms with van der Waals surface area (Å²) >= 11 is 0. The molecule has 2 aromatic carbocycles. The number of hydrogen-bond acceptors (Lipinski definition) is 3. The van der Waals surface area contributed by atoms with Crippen molar-refractivity contribution < 1.29 is 19.4 Å². The molecule has 1 atom stereocenters. The molecule has 0 heterocycles. The Morgan fingerprint density at radius 3 is 2.52 bits per heavy atom. The highest BCUT2D eigenvalue weighted by atomic mass is 16.5. The normalized spacial score (nSPS) is 11.4. The summed E-state index contributed by atoms with van der Waals surface area (Å²) in [6.07, 6.45) is 1.68. The molecule has 0 saturated carbocycles. The first-order chi connectivity index (χ1) is 13.1. The van der Waals surface area contributed by atoms with Crippen molar-refractivity contribution in [1.29, 1.82) is 0 Å². The maximum atomic E-state index is 12.2. The van der Waals surface area contributed by atoms with Crippen LogP contribution in [0.3, 0.4) is 0 Å². The average molecular weight is 370 g/mol.